The van der Waals surface area contributed by atoms with Gasteiger partial charge in [-0.2, -0.15) is 0 Å². The second kappa shape index (κ2) is 7.09. The standard InChI is InChI=1S/C16H16N2O2/c19-15(17-11-13-7-3-1-4-8-13)16(20)18-12-14-9-5-2-6-10-14/h1-10H,11-12H2,(H,17,19)(H,18,20). The molecule has 102 valence electrons. The second-order valence-electron chi connectivity index (χ2n) is 4.34. The Morgan fingerprint density at radius 2 is 1.00 bits per heavy atom. The van der Waals surface area contributed by atoms with Gasteiger partial charge in [0.2, 0.25) is 0 Å². The zero-order valence-electron chi connectivity index (χ0n) is 11.0. The lowest BCUT2D eigenvalue weighted by Gasteiger charge is -2.06. The third-order valence-corrected chi connectivity index (χ3v) is 2.80. The third kappa shape index (κ3) is 4.24. The lowest BCUT2D eigenvalue weighted by atomic mass is 10.2. The van der Waals surface area contributed by atoms with Crippen molar-refractivity contribution in [2.24, 2.45) is 0 Å². The minimum atomic E-state index is -0.621. The number of rotatable bonds is 4. The smallest absolute Gasteiger partial charge is 0.309 e. The van der Waals surface area contributed by atoms with E-state index in [-0.39, 0.29) is 0 Å². The average molecular weight is 268 g/mol. The van der Waals surface area contributed by atoms with Gasteiger partial charge >= 0.3 is 11.8 Å². The molecule has 0 aliphatic rings. The molecule has 0 heterocycles. The van der Waals surface area contributed by atoms with Crippen molar-refractivity contribution in [3.05, 3.63) is 71.8 Å². The molecule has 20 heavy (non-hydrogen) atoms. The Bertz CT molecular complexity index is 514. The van der Waals surface area contributed by atoms with Crippen LogP contribution in [0.3, 0.4) is 0 Å². The highest BCUT2D eigenvalue weighted by Gasteiger charge is 2.12. The summed E-state index contributed by atoms with van der Waals surface area (Å²) in [6.45, 7) is 0.691. The maximum Gasteiger partial charge on any atom is 0.309 e. The summed E-state index contributed by atoms with van der Waals surface area (Å²) < 4.78 is 0. The van der Waals surface area contributed by atoms with Gasteiger partial charge in [-0.25, -0.2) is 0 Å². The van der Waals surface area contributed by atoms with Crippen molar-refractivity contribution in [3.8, 4) is 0 Å². The molecule has 0 saturated carbocycles. The first kappa shape index (κ1) is 13.8. The summed E-state index contributed by atoms with van der Waals surface area (Å²) >= 11 is 0. The van der Waals surface area contributed by atoms with Crippen LogP contribution in [0.4, 0.5) is 0 Å². The van der Waals surface area contributed by atoms with E-state index in [2.05, 4.69) is 10.6 Å². The fourth-order valence-electron chi connectivity index (χ4n) is 1.72. The Kier molecular flexibility index (Phi) is 4.89. The number of carbonyl (C=O) groups excluding carboxylic acids is 2. The molecule has 0 atom stereocenters. The van der Waals surface area contributed by atoms with Gasteiger partial charge in [0.15, 0.2) is 0 Å². The highest BCUT2D eigenvalue weighted by Crippen LogP contribution is 1.98. The summed E-state index contributed by atoms with van der Waals surface area (Å²) in [5.74, 6) is -1.24. The quantitative estimate of drug-likeness (QED) is 0.828. The summed E-state index contributed by atoms with van der Waals surface area (Å²) in [4.78, 5) is 23.2. The zero-order chi connectivity index (χ0) is 14.2. The van der Waals surface area contributed by atoms with Crippen molar-refractivity contribution in [1.82, 2.24) is 10.6 Å². The molecule has 4 nitrogen and oxygen atoms in total. The lowest BCUT2D eigenvalue weighted by molar-refractivity contribution is -0.139. The van der Waals surface area contributed by atoms with Gasteiger partial charge in [-0.15, -0.1) is 0 Å². The predicted octanol–water partition coefficient (Wildman–Crippen LogP) is 1.62. The number of benzene rings is 2. The molecule has 4 heteroatoms. The zero-order valence-corrected chi connectivity index (χ0v) is 11.0. The number of hydrogen-bond donors (Lipinski definition) is 2. The molecule has 0 aliphatic carbocycles. The van der Waals surface area contributed by atoms with Crippen LogP contribution in [0.15, 0.2) is 60.7 Å². The topological polar surface area (TPSA) is 58.2 Å². The molecule has 0 saturated heterocycles. The maximum absolute atomic E-state index is 11.6. The van der Waals surface area contributed by atoms with E-state index in [4.69, 9.17) is 0 Å². The van der Waals surface area contributed by atoms with Crippen LogP contribution in [-0.2, 0) is 22.7 Å². The van der Waals surface area contributed by atoms with Crippen LogP contribution in [0.2, 0.25) is 0 Å². The number of amides is 2. The van der Waals surface area contributed by atoms with Gasteiger partial charge in [0.05, 0.1) is 0 Å². The minimum absolute atomic E-state index is 0.346. The van der Waals surface area contributed by atoms with E-state index >= 15 is 0 Å². The molecule has 0 unspecified atom stereocenters. The molecule has 0 aromatic heterocycles. The van der Waals surface area contributed by atoms with Gasteiger partial charge in [-0.05, 0) is 11.1 Å². The van der Waals surface area contributed by atoms with Crippen LogP contribution in [0, 0.1) is 0 Å². The summed E-state index contributed by atoms with van der Waals surface area (Å²) in [5, 5.41) is 5.17. The Morgan fingerprint density at radius 1 is 0.650 bits per heavy atom. The SMILES string of the molecule is O=C(NCc1ccccc1)C(=O)NCc1ccccc1. The molecule has 2 N–H and O–H groups in total. The maximum atomic E-state index is 11.6. The Labute approximate surface area is 117 Å². The van der Waals surface area contributed by atoms with E-state index in [1.807, 2.05) is 60.7 Å². The van der Waals surface area contributed by atoms with Crippen LogP contribution in [-0.4, -0.2) is 11.8 Å². The summed E-state index contributed by atoms with van der Waals surface area (Å²) in [5.41, 5.74) is 1.91. The molecule has 0 bridgehead atoms. The van der Waals surface area contributed by atoms with E-state index in [0.29, 0.717) is 13.1 Å². The van der Waals surface area contributed by atoms with Crippen molar-refractivity contribution >= 4 is 11.8 Å². The fourth-order valence-corrected chi connectivity index (χ4v) is 1.72. The fraction of sp³-hybridized carbons (Fsp3) is 0.125. The number of carbonyl (C=O) groups is 2. The van der Waals surface area contributed by atoms with Crippen LogP contribution >= 0.6 is 0 Å². The molecule has 2 aromatic rings. The van der Waals surface area contributed by atoms with E-state index in [0.717, 1.165) is 11.1 Å². The highest BCUT2D eigenvalue weighted by atomic mass is 16.2. The normalized spacial score (nSPS) is 9.80. The van der Waals surface area contributed by atoms with Gasteiger partial charge in [-0.3, -0.25) is 9.59 Å². The number of nitrogens with one attached hydrogen (secondary N) is 2. The average Bonchev–Trinajstić information content (AvgIpc) is 2.52. The number of hydrogen-bond acceptors (Lipinski definition) is 2. The Hall–Kier alpha value is -2.62. The first-order valence-electron chi connectivity index (χ1n) is 6.39. The third-order valence-electron chi connectivity index (χ3n) is 2.80. The van der Waals surface area contributed by atoms with Crippen LogP contribution in [0.5, 0.6) is 0 Å². The van der Waals surface area contributed by atoms with Crippen molar-refractivity contribution in [3.63, 3.8) is 0 Å². The first-order valence-corrected chi connectivity index (χ1v) is 6.39. The molecular formula is C16H16N2O2. The molecule has 0 aliphatic heterocycles. The van der Waals surface area contributed by atoms with Gasteiger partial charge in [0.25, 0.3) is 0 Å². The van der Waals surface area contributed by atoms with E-state index < -0.39 is 11.8 Å². The van der Waals surface area contributed by atoms with Crippen LogP contribution < -0.4 is 10.6 Å². The highest BCUT2D eigenvalue weighted by molar-refractivity contribution is 6.35. The van der Waals surface area contributed by atoms with E-state index in [1.54, 1.807) is 0 Å². The summed E-state index contributed by atoms with van der Waals surface area (Å²) in [6, 6.07) is 18.9. The molecule has 0 fully saturated rings. The van der Waals surface area contributed by atoms with Crippen molar-refractivity contribution in [2.45, 2.75) is 13.1 Å². The van der Waals surface area contributed by atoms with Crippen molar-refractivity contribution < 1.29 is 9.59 Å². The summed E-state index contributed by atoms with van der Waals surface area (Å²) in [6.07, 6.45) is 0. The molecule has 2 amide bonds. The van der Waals surface area contributed by atoms with Gasteiger partial charge < -0.3 is 10.6 Å². The van der Waals surface area contributed by atoms with E-state index in [1.165, 1.54) is 0 Å². The Morgan fingerprint density at radius 3 is 1.35 bits per heavy atom. The van der Waals surface area contributed by atoms with Crippen molar-refractivity contribution in [1.29, 1.82) is 0 Å². The monoisotopic (exact) mass is 268 g/mol. The molecular weight excluding hydrogens is 252 g/mol. The van der Waals surface area contributed by atoms with Crippen molar-refractivity contribution in [2.75, 3.05) is 0 Å². The first-order chi connectivity index (χ1) is 9.75. The minimum Gasteiger partial charge on any atom is -0.344 e. The van der Waals surface area contributed by atoms with E-state index in [9.17, 15) is 9.59 Å². The van der Waals surface area contributed by atoms with Gasteiger partial charge in [0, 0.05) is 13.1 Å². The second-order valence-corrected chi connectivity index (χ2v) is 4.34. The Balaban J connectivity index is 1.76. The predicted molar refractivity (Wildman–Crippen MR) is 76.6 cm³/mol. The van der Waals surface area contributed by atoms with Crippen LogP contribution in [0.1, 0.15) is 11.1 Å². The molecule has 0 spiro atoms. The van der Waals surface area contributed by atoms with Crippen LogP contribution in [0.25, 0.3) is 0 Å². The largest absolute Gasteiger partial charge is 0.344 e. The van der Waals surface area contributed by atoms with Gasteiger partial charge in [-0.1, -0.05) is 60.7 Å². The van der Waals surface area contributed by atoms with Gasteiger partial charge in [0.1, 0.15) is 0 Å². The lowest BCUT2D eigenvalue weighted by Crippen LogP contribution is -2.39. The molecule has 0 radical (unpaired) electrons. The molecule has 2 rings (SSSR count). The summed E-state index contributed by atoms with van der Waals surface area (Å²) in [7, 11) is 0. The molecule has 2 aromatic carbocycles.